The van der Waals surface area contributed by atoms with E-state index in [1.807, 2.05) is 27.7 Å². The lowest BCUT2D eigenvalue weighted by molar-refractivity contribution is 0.926. The van der Waals surface area contributed by atoms with Crippen LogP contribution in [0.25, 0.3) is 100 Å². The summed E-state index contributed by atoms with van der Waals surface area (Å²) in [7, 11) is 0. The standard InChI is InChI=1S/C56H46N8/c1-31-12-19-49-44(24-31)45-25-32(2)13-20-50(45)63(49)53-23-17-40(29-48(53)56-61-37(7)58-38(8)62-56)39-10-9-11-41(28-39)43-18-16-42(55-59-35(5)57-36(6)60-55)30-54(43)64-51-21-14-33(3)26-46(51)47-27-34(4)15-22-52(47)64/h9-30H,1-8H3. The molecule has 8 nitrogen and oxygen atoms in total. The molecule has 0 atom stereocenters. The molecule has 11 aromatic rings. The average molecular weight is 831 g/mol. The van der Waals surface area contributed by atoms with Crippen LogP contribution < -0.4 is 0 Å². The Labute approximate surface area is 372 Å². The molecule has 0 aliphatic rings. The molecule has 0 saturated carbocycles. The molecule has 8 heteroatoms. The number of aryl methyl sites for hydroxylation is 8. The number of rotatable bonds is 6. The average Bonchev–Trinajstić information content (AvgIpc) is 3.76. The van der Waals surface area contributed by atoms with Crippen LogP contribution in [0.15, 0.2) is 133 Å². The predicted octanol–water partition coefficient (Wildman–Crippen LogP) is 13.4. The Kier molecular flexibility index (Phi) is 9.10. The van der Waals surface area contributed by atoms with Gasteiger partial charge in [-0.05, 0) is 145 Å². The zero-order valence-electron chi connectivity index (χ0n) is 37.3. The third-order valence-corrected chi connectivity index (χ3v) is 12.4. The number of benzene rings is 7. The van der Waals surface area contributed by atoms with Gasteiger partial charge < -0.3 is 9.13 Å². The van der Waals surface area contributed by atoms with E-state index in [9.17, 15) is 0 Å². The molecular formula is C56H46N8. The molecule has 0 spiro atoms. The predicted molar refractivity (Wildman–Crippen MR) is 262 cm³/mol. The second kappa shape index (κ2) is 14.9. The highest BCUT2D eigenvalue weighted by atomic mass is 15.0. The van der Waals surface area contributed by atoms with Crippen LogP contribution in [0.1, 0.15) is 45.6 Å². The van der Waals surface area contributed by atoms with Gasteiger partial charge in [-0.2, -0.15) is 0 Å². The van der Waals surface area contributed by atoms with Crippen molar-refractivity contribution >= 4 is 43.6 Å². The Bertz CT molecular complexity index is 3560. The minimum absolute atomic E-state index is 0.644. The Morgan fingerprint density at radius 2 is 0.719 bits per heavy atom. The number of aromatic nitrogens is 8. The van der Waals surface area contributed by atoms with Crippen LogP contribution in [0.5, 0.6) is 0 Å². The number of hydrogen-bond donors (Lipinski definition) is 0. The maximum Gasteiger partial charge on any atom is 0.165 e. The van der Waals surface area contributed by atoms with Crippen molar-refractivity contribution in [1.82, 2.24) is 39.0 Å². The van der Waals surface area contributed by atoms with Crippen LogP contribution >= 0.6 is 0 Å². The molecule has 0 aliphatic heterocycles. The summed E-state index contributed by atoms with van der Waals surface area (Å²) in [4.78, 5) is 28.5. The van der Waals surface area contributed by atoms with Gasteiger partial charge in [0.25, 0.3) is 0 Å². The van der Waals surface area contributed by atoms with Crippen molar-refractivity contribution in [1.29, 1.82) is 0 Å². The van der Waals surface area contributed by atoms with Gasteiger partial charge in [-0.15, -0.1) is 0 Å². The van der Waals surface area contributed by atoms with Crippen LogP contribution in [0.2, 0.25) is 0 Å². The zero-order valence-corrected chi connectivity index (χ0v) is 37.3. The van der Waals surface area contributed by atoms with E-state index in [1.54, 1.807) is 0 Å². The summed E-state index contributed by atoms with van der Waals surface area (Å²) in [5, 5.41) is 4.89. The lowest BCUT2D eigenvalue weighted by atomic mass is 9.95. The lowest BCUT2D eigenvalue weighted by Crippen LogP contribution is -2.03. The summed E-state index contributed by atoms with van der Waals surface area (Å²) >= 11 is 0. The zero-order chi connectivity index (χ0) is 44.0. The topological polar surface area (TPSA) is 87.2 Å². The van der Waals surface area contributed by atoms with Crippen molar-refractivity contribution in [3.8, 4) is 56.4 Å². The Hall–Kier alpha value is -7.84. The van der Waals surface area contributed by atoms with Gasteiger partial charge in [-0.1, -0.05) is 82.9 Å². The Morgan fingerprint density at radius 3 is 1.22 bits per heavy atom. The van der Waals surface area contributed by atoms with Crippen molar-refractivity contribution in [3.05, 3.63) is 179 Å². The molecule has 0 radical (unpaired) electrons. The molecule has 4 heterocycles. The maximum atomic E-state index is 4.96. The highest BCUT2D eigenvalue weighted by Crippen LogP contribution is 2.41. The van der Waals surface area contributed by atoms with Crippen LogP contribution in [-0.4, -0.2) is 39.0 Å². The van der Waals surface area contributed by atoms with E-state index in [0.29, 0.717) is 34.9 Å². The summed E-state index contributed by atoms with van der Waals surface area (Å²) in [6.45, 7) is 16.3. The maximum absolute atomic E-state index is 4.96. The van der Waals surface area contributed by atoms with Crippen molar-refractivity contribution in [2.24, 2.45) is 0 Å². The quantitative estimate of drug-likeness (QED) is 0.166. The van der Waals surface area contributed by atoms with E-state index < -0.39 is 0 Å². The largest absolute Gasteiger partial charge is 0.309 e. The SMILES string of the molecule is Cc1ccc2c(c1)c1cc(C)ccc1n2-c1cc(-c2nc(C)nc(C)n2)ccc1-c1cccc(-c2ccc(-n3c4ccc(C)cc4c4cc(C)ccc43)c(-c3nc(C)nc(C)n3)c2)c1. The Balaban J connectivity index is 1.13. The smallest absolute Gasteiger partial charge is 0.165 e. The van der Waals surface area contributed by atoms with E-state index >= 15 is 0 Å². The molecule has 0 unspecified atom stereocenters. The summed E-state index contributed by atoms with van der Waals surface area (Å²) < 4.78 is 4.77. The highest BCUT2D eigenvalue weighted by Gasteiger charge is 2.21. The molecule has 0 bridgehead atoms. The summed E-state index contributed by atoms with van der Waals surface area (Å²) in [5.41, 5.74) is 17.7. The van der Waals surface area contributed by atoms with Crippen LogP contribution in [0.4, 0.5) is 0 Å². The molecule has 64 heavy (non-hydrogen) atoms. The molecule has 11 rings (SSSR count). The molecule has 0 saturated heterocycles. The van der Waals surface area contributed by atoms with Gasteiger partial charge in [0.2, 0.25) is 0 Å². The first-order valence-electron chi connectivity index (χ1n) is 21.8. The fraction of sp³-hybridized carbons (Fsp3) is 0.143. The molecule has 7 aromatic carbocycles. The molecule has 0 amide bonds. The third-order valence-electron chi connectivity index (χ3n) is 12.4. The van der Waals surface area contributed by atoms with Gasteiger partial charge in [0.05, 0.1) is 33.4 Å². The lowest BCUT2D eigenvalue weighted by Gasteiger charge is -2.18. The summed E-state index contributed by atoms with van der Waals surface area (Å²) in [5.74, 6) is 4.06. The first-order chi connectivity index (χ1) is 30.9. The first-order valence-corrected chi connectivity index (χ1v) is 21.8. The van der Waals surface area contributed by atoms with Crippen molar-refractivity contribution < 1.29 is 0 Å². The molecule has 0 fully saturated rings. The van der Waals surface area contributed by atoms with Crippen molar-refractivity contribution in [2.75, 3.05) is 0 Å². The van der Waals surface area contributed by atoms with Crippen molar-refractivity contribution in [2.45, 2.75) is 55.4 Å². The summed E-state index contributed by atoms with van der Waals surface area (Å²) in [6.07, 6.45) is 0. The van der Waals surface area contributed by atoms with Gasteiger partial charge in [-0.3, -0.25) is 0 Å². The first kappa shape index (κ1) is 39.0. The number of nitrogens with zero attached hydrogens (tertiary/aromatic N) is 8. The van der Waals surface area contributed by atoms with Crippen LogP contribution in [-0.2, 0) is 0 Å². The van der Waals surface area contributed by atoms with Gasteiger partial charge >= 0.3 is 0 Å². The highest BCUT2D eigenvalue weighted by molar-refractivity contribution is 6.11. The van der Waals surface area contributed by atoms with E-state index in [-0.39, 0.29) is 0 Å². The minimum atomic E-state index is 0.644. The van der Waals surface area contributed by atoms with E-state index in [2.05, 4.69) is 180 Å². The summed E-state index contributed by atoms with van der Waals surface area (Å²) in [6, 6.07) is 49.1. The second-order valence-electron chi connectivity index (χ2n) is 17.3. The third kappa shape index (κ3) is 6.61. The molecule has 0 N–H and O–H groups in total. The monoisotopic (exact) mass is 830 g/mol. The van der Waals surface area contributed by atoms with Gasteiger partial charge in [0.15, 0.2) is 11.6 Å². The number of fused-ring (bicyclic) bond motifs is 6. The van der Waals surface area contributed by atoms with Gasteiger partial charge in [-0.25, -0.2) is 29.9 Å². The fourth-order valence-electron chi connectivity index (χ4n) is 9.56. The van der Waals surface area contributed by atoms with Gasteiger partial charge in [0.1, 0.15) is 23.3 Å². The van der Waals surface area contributed by atoms with Crippen molar-refractivity contribution in [3.63, 3.8) is 0 Å². The molecule has 4 aromatic heterocycles. The van der Waals surface area contributed by atoms with E-state index in [0.717, 1.165) is 66.8 Å². The number of hydrogen-bond acceptors (Lipinski definition) is 6. The molecular weight excluding hydrogens is 785 g/mol. The minimum Gasteiger partial charge on any atom is -0.309 e. The van der Waals surface area contributed by atoms with Crippen LogP contribution in [0, 0.1) is 55.4 Å². The van der Waals surface area contributed by atoms with Gasteiger partial charge in [0, 0.05) is 38.2 Å². The Morgan fingerprint density at radius 1 is 0.297 bits per heavy atom. The second-order valence-corrected chi connectivity index (χ2v) is 17.3. The normalized spacial score (nSPS) is 11.8. The molecule has 310 valence electrons. The van der Waals surface area contributed by atoms with E-state index in [4.69, 9.17) is 19.9 Å². The fourth-order valence-corrected chi connectivity index (χ4v) is 9.56. The van der Waals surface area contributed by atoms with E-state index in [1.165, 1.54) is 43.8 Å². The van der Waals surface area contributed by atoms with Crippen LogP contribution in [0.3, 0.4) is 0 Å². The molecule has 0 aliphatic carbocycles.